The molecule has 2 aliphatic rings. The van der Waals surface area contributed by atoms with Crippen molar-refractivity contribution in [3.05, 3.63) is 56.0 Å². The smallest absolute Gasteiger partial charge is 0.254 e. The molecule has 1 N–H and O–H groups in total. The predicted octanol–water partition coefficient (Wildman–Crippen LogP) is 3.76. The molecule has 0 atom stereocenters. The summed E-state index contributed by atoms with van der Waals surface area (Å²) in [6.45, 7) is 6.61. The quantitative estimate of drug-likeness (QED) is 0.700. The van der Waals surface area contributed by atoms with Crippen molar-refractivity contribution in [3.8, 4) is 11.5 Å². The van der Waals surface area contributed by atoms with Crippen molar-refractivity contribution in [2.24, 2.45) is 0 Å². The van der Waals surface area contributed by atoms with E-state index in [-0.39, 0.29) is 17.6 Å². The number of hydrogen-bond donors (Lipinski definition) is 1. The largest absolute Gasteiger partial charge is 0.493 e. The zero-order valence-electron chi connectivity index (χ0n) is 21.3. The number of benzene rings is 1. The van der Waals surface area contributed by atoms with Crippen LogP contribution in [0.2, 0.25) is 0 Å². The van der Waals surface area contributed by atoms with Crippen LogP contribution in [0.15, 0.2) is 16.9 Å². The first kappa shape index (κ1) is 24.3. The molecule has 2 heterocycles. The number of fused-ring (bicyclic) bond motifs is 1. The van der Waals surface area contributed by atoms with Crippen molar-refractivity contribution in [3.63, 3.8) is 0 Å². The van der Waals surface area contributed by atoms with Crippen LogP contribution < -0.4 is 15.0 Å². The highest BCUT2D eigenvalue weighted by atomic mass is 16.5. The van der Waals surface area contributed by atoms with Gasteiger partial charge in [-0.25, -0.2) is 0 Å². The Bertz CT molecular complexity index is 1130. The Kier molecular flexibility index (Phi) is 7.03. The van der Waals surface area contributed by atoms with Gasteiger partial charge in [-0.1, -0.05) is 0 Å². The number of H-pyrrole nitrogens is 1. The van der Waals surface area contributed by atoms with E-state index >= 15 is 0 Å². The lowest BCUT2D eigenvalue weighted by Gasteiger charge is -2.34. The van der Waals surface area contributed by atoms with E-state index in [1.54, 1.807) is 12.0 Å². The van der Waals surface area contributed by atoms with Crippen molar-refractivity contribution in [2.45, 2.75) is 71.6 Å². The van der Waals surface area contributed by atoms with E-state index in [4.69, 9.17) is 9.47 Å². The molecular weight excluding hydrogens is 430 g/mol. The lowest BCUT2D eigenvalue weighted by molar-refractivity contribution is 0.0722. The number of carbonyl (C=O) groups is 1. The van der Waals surface area contributed by atoms with Crippen molar-refractivity contribution >= 4 is 5.91 Å². The number of aromatic nitrogens is 1. The number of rotatable bonds is 6. The van der Waals surface area contributed by atoms with Gasteiger partial charge in [0.2, 0.25) is 0 Å². The summed E-state index contributed by atoms with van der Waals surface area (Å²) in [5, 5.41) is 0. The molecule has 1 aromatic heterocycles. The lowest BCUT2D eigenvalue weighted by Crippen LogP contribution is -2.39. The molecule has 184 valence electrons. The van der Waals surface area contributed by atoms with Gasteiger partial charge in [0, 0.05) is 35.0 Å². The minimum absolute atomic E-state index is 0.0538. The Morgan fingerprint density at radius 2 is 1.79 bits per heavy atom. The van der Waals surface area contributed by atoms with Gasteiger partial charge in [-0.15, -0.1) is 0 Å². The third-order valence-corrected chi connectivity index (χ3v) is 7.44. The summed E-state index contributed by atoms with van der Waals surface area (Å²) in [4.78, 5) is 33.1. The summed E-state index contributed by atoms with van der Waals surface area (Å²) in [5.41, 5.74) is 4.74. The van der Waals surface area contributed by atoms with Gasteiger partial charge in [-0.3, -0.25) is 9.59 Å². The van der Waals surface area contributed by atoms with E-state index in [9.17, 15) is 9.59 Å². The van der Waals surface area contributed by atoms with Crippen LogP contribution in [-0.2, 0) is 13.0 Å². The topological polar surface area (TPSA) is 74.9 Å². The Morgan fingerprint density at radius 1 is 1.09 bits per heavy atom. The van der Waals surface area contributed by atoms with E-state index in [1.165, 1.54) is 0 Å². The summed E-state index contributed by atoms with van der Waals surface area (Å²) >= 11 is 0. The maximum Gasteiger partial charge on any atom is 0.254 e. The molecule has 4 rings (SSSR count). The zero-order chi connectivity index (χ0) is 24.6. The molecule has 0 spiro atoms. The van der Waals surface area contributed by atoms with Crippen molar-refractivity contribution in [1.82, 2.24) is 14.8 Å². The second-order valence-corrected chi connectivity index (χ2v) is 10.00. The second kappa shape index (κ2) is 9.82. The molecule has 1 aliphatic heterocycles. The molecule has 1 fully saturated rings. The molecule has 0 radical (unpaired) electrons. The number of hydrogen-bond acceptors (Lipinski definition) is 5. The molecule has 1 aliphatic carbocycles. The fourth-order valence-corrected chi connectivity index (χ4v) is 5.41. The number of nitrogens with one attached hydrogen (secondary N) is 1. The van der Waals surface area contributed by atoms with Gasteiger partial charge >= 0.3 is 0 Å². The molecular formula is C27H37N3O4. The van der Waals surface area contributed by atoms with Gasteiger partial charge in [0.05, 0.1) is 19.8 Å². The molecule has 0 unspecified atom stereocenters. The summed E-state index contributed by atoms with van der Waals surface area (Å²) in [6.07, 6.45) is 5.00. The minimum atomic E-state index is -0.125. The number of methoxy groups -OCH3 is 1. The highest BCUT2D eigenvalue weighted by Crippen LogP contribution is 2.40. The molecule has 0 bridgehead atoms. The summed E-state index contributed by atoms with van der Waals surface area (Å²) in [6, 6.07) is 4.50. The van der Waals surface area contributed by atoms with Crippen LogP contribution in [0.3, 0.4) is 0 Å². The predicted molar refractivity (Wildman–Crippen MR) is 133 cm³/mol. The van der Waals surface area contributed by atoms with Crippen molar-refractivity contribution in [1.29, 1.82) is 0 Å². The van der Waals surface area contributed by atoms with Crippen LogP contribution >= 0.6 is 0 Å². The first-order valence-electron chi connectivity index (χ1n) is 12.2. The monoisotopic (exact) mass is 467 g/mol. The number of amides is 1. The van der Waals surface area contributed by atoms with Gasteiger partial charge < -0.3 is 24.3 Å². The zero-order valence-corrected chi connectivity index (χ0v) is 21.3. The summed E-state index contributed by atoms with van der Waals surface area (Å²) < 4.78 is 12.2. The fraction of sp³-hybridized carbons (Fsp3) is 0.556. The van der Waals surface area contributed by atoms with Crippen LogP contribution in [0.1, 0.15) is 64.0 Å². The van der Waals surface area contributed by atoms with E-state index in [1.807, 2.05) is 32.9 Å². The molecule has 1 aromatic carbocycles. The Hall–Kier alpha value is -2.80. The Morgan fingerprint density at radius 3 is 2.41 bits per heavy atom. The molecule has 1 saturated carbocycles. The van der Waals surface area contributed by atoms with Crippen LogP contribution in [0, 0.1) is 20.8 Å². The molecule has 1 amide bonds. The van der Waals surface area contributed by atoms with E-state index in [2.05, 4.69) is 24.0 Å². The summed E-state index contributed by atoms with van der Waals surface area (Å²) in [7, 11) is 5.91. The summed E-state index contributed by atoms with van der Waals surface area (Å²) in [5.74, 6) is 1.31. The third kappa shape index (κ3) is 4.71. The number of carbonyl (C=O) groups excluding carboxylic acids is 1. The maximum absolute atomic E-state index is 13.6. The van der Waals surface area contributed by atoms with E-state index in [0.717, 1.165) is 54.5 Å². The molecule has 7 nitrogen and oxygen atoms in total. The first-order valence-corrected chi connectivity index (χ1v) is 12.2. The Balaban J connectivity index is 1.60. The molecule has 2 aromatic rings. The normalized spacial score (nSPS) is 20.4. The van der Waals surface area contributed by atoms with Gasteiger partial charge in [0.15, 0.2) is 11.5 Å². The number of aryl methyl sites for hydroxylation is 2. The number of pyridine rings is 1. The fourth-order valence-electron chi connectivity index (χ4n) is 5.41. The van der Waals surface area contributed by atoms with Crippen LogP contribution in [0.5, 0.6) is 11.5 Å². The SMILES string of the molecule is COc1cc2c(c(C)c1OC1CCC(N(C)C)CC1)C(=O)N(Cc1c(C)cc(C)[nH]c1=O)CC2. The van der Waals surface area contributed by atoms with Crippen LogP contribution in [-0.4, -0.2) is 60.6 Å². The van der Waals surface area contributed by atoms with E-state index < -0.39 is 0 Å². The Labute approximate surface area is 202 Å². The average molecular weight is 468 g/mol. The first-order chi connectivity index (χ1) is 16.2. The number of ether oxygens (including phenoxy) is 2. The molecule has 7 heteroatoms. The van der Waals surface area contributed by atoms with Gasteiger partial charge in [0.25, 0.3) is 11.5 Å². The van der Waals surface area contributed by atoms with Crippen molar-refractivity contribution < 1.29 is 14.3 Å². The second-order valence-electron chi connectivity index (χ2n) is 10.00. The maximum atomic E-state index is 13.6. The minimum Gasteiger partial charge on any atom is -0.493 e. The van der Waals surface area contributed by atoms with Gasteiger partial charge in [-0.05, 0) is 90.2 Å². The van der Waals surface area contributed by atoms with Crippen LogP contribution in [0.25, 0.3) is 0 Å². The highest BCUT2D eigenvalue weighted by molar-refractivity contribution is 5.99. The standard InChI is InChI=1S/C27H37N3O4/c1-16-13-17(2)28-26(31)22(16)15-30-12-11-19-14-23(33-6)25(18(3)24(19)27(30)32)34-21-9-7-20(8-10-21)29(4)5/h13-14,20-21H,7-12,15H2,1-6H3,(H,28,31). The van der Waals surface area contributed by atoms with E-state index in [0.29, 0.717) is 41.8 Å². The van der Waals surface area contributed by atoms with Gasteiger partial charge in [-0.2, -0.15) is 0 Å². The van der Waals surface area contributed by atoms with Gasteiger partial charge in [0.1, 0.15) is 0 Å². The molecule has 34 heavy (non-hydrogen) atoms. The van der Waals surface area contributed by atoms with Crippen LogP contribution in [0.4, 0.5) is 0 Å². The lowest BCUT2D eigenvalue weighted by atomic mass is 9.91. The highest BCUT2D eigenvalue weighted by Gasteiger charge is 2.32. The molecule has 0 saturated heterocycles. The number of nitrogens with zero attached hydrogens (tertiary/aromatic N) is 2. The third-order valence-electron chi connectivity index (χ3n) is 7.44. The van der Waals surface area contributed by atoms with Crippen molar-refractivity contribution in [2.75, 3.05) is 27.7 Å². The average Bonchev–Trinajstić information content (AvgIpc) is 2.79. The number of aromatic amines is 1.